The van der Waals surface area contributed by atoms with Gasteiger partial charge in [0.25, 0.3) is 0 Å². The van der Waals surface area contributed by atoms with Crippen LogP contribution in [0.25, 0.3) is 0 Å². The van der Waals surface area contributed by atoms with Gasteiger partial charge in [-0.05, 0) is 12.2 Å². The van der Waals surface area contributed by atoms with Crippen LogP contribution in [0.2, 0.25) is 0 Å². The molecule has 0 saturated carbocycles. The lowest BCUT2D eigenvalue weighted by atomic mass is 10.3. The first-order valence-corrected chi connectivity index (χ1v) is 4.09. The molecular weight excluding hydrogens is 150 g/mol. The molecule has 0 aliphatic heterocycles. The van der Waals surface area contributed by atoms with E-state index in [9.17, 15) is 4.79 Å². The number of hydrogen-bond donors (Lipinski definition) is 1. The van der Waals surface area contributed by atoms with Crippen molar-refractivity contribution in [1.82, 2.24) is 0 Å². The number of nitrogens with zero attached hydrogens (tertiary/aromatic N) is 1. The van der Waals surface area contributed by atoms with Crippen molar-refractivity contribution in [3.63, 3.8) is 0 Å². The van der Waals surface area contributed by atoms with E-state index in [2.05, 4.69) is 0 Å². The molecule has 56 valence electrons. The molecule has 0 spiro atoms. The highest BCUT2D eigenvalue weighted by Crippen LogP contribution is 2.02. The molecule has 0 saturated heterocycles. The van der Waals surface area contributed by atoms with Gasteiger partial charge >= 0.3 is 5.97 Å². The molecule has 0 aromatic heterocycles. The largest absolute Gasteiger partial charge is 0.481 e. The average molecular weight is 159 g/mol. The summed E-state index contributed by atoms with van der Waals surface area (Å²) in [6.07, 6.45) is 0.861. The molecule has 0 heterocycles. The number of nitriles is 1. The van der Waals surface area contributed by atoms with Crippen LogP contribution in [0.3, 0.4) is 0 Å². The highest BCUT2D eigenvalue weighted by Gasteiger charge is 1.94. The second-order valence-corrected chi connectivity index (χ2v) is 2.81. The molecule has 1 N–H and O–H groups in total. The smallest absolute Gasteiger partial charge is 0.303 e. The van der Waals surface area contributed by atoms with Gasteiger partial charge in [0, 0.05) is 6.42 Å². The minimum Gasteiger partial charge on any atom is -0.481 e. The molecule has 0 aromatic rings. The van der Waals surface area contributed by atoms with Crippen molar-refractivity contribution in [3.05, 3.63) is 0 Å². The molecule has 4 heteroatoms. The molecule has 0 radical (unpaired) electrons. The number of aliphatic carboxylic acids is 1. The van der Waals surface area contributed by atoms with Crippen LogP contribution in [0.4, 0.5) is 0 Å². The zero-order valence-corrected chi connectivity index (χ0v) is 6.36. The normalized spacial score (nSPS) is 8.70. The molecule has 0 fully saturated rings. The number of rotatable bonds is 5. The predicted octanol–water partition coefficient (Wildman–Crippen LogP) is 1.11. The van der Waals surface area contributed by atoms with Crippen LogP contribution in [0, 0.1) is 11.3 Å². The summed E-state index contributed by atoms with van der Waals surface area (Å²) in [5.41, 5.74) is 0. The Bertz CT molecular complexity index is 141. The summed E-state index contributed by atoms with van der Waals surface area (Å²) in [5, 5.41) is 16.3. The Morgan fingerprint density at radius 2 is 2.40 bits per heavy atom. The number of carboxylic acid groups (broad SMARTS) is 1. The Morgan fingerprint density at radius 3 is 2.90 bits per heavy atom. The molecule has 0 aliphatic rings. The third-order valence-electron chi connectivity index (χ3n) is 0.846. The maximum absolute atomic E-state index is 9.96. The first kappa shape index (κ1) is 9.31. The molecular formula is C6H9NO2S. The van der Waals surface area contributed by atoms with Gasteiger partial charge in [-0.1, -0.05) is 0 Å². The van der Waals surface area contributed by atoms with Crippen molar-refractivity contribution in [2.45, 2.75) is 12.8 Å². The number of carboxylic acids is 1. The zero-order chi connectivity index (χ0) is 7.82. The van der Waals surface area contributed by atoms with Crippen LogP contribution >= 0.6 is 11.8 Å². The Hall–Kier alpha value is -0.690. The van der Waals surface area contributed by atoms with E-state index in [-0.39, 0.29) is 6.42 Å². The molecule has 0 bridgehead atoms. The molecule has 0 unspecified atom stereocenters. The van der Waals surface area contributed by atoms with Gasteiger partial charge in [0.2, 0.25) is 0 Å². The van der Waals surface area contributed by atoms with E-state index in [1.807, 2.05) is 6.07 Å². The zero-order valence-electron chi connectivity index (χ0n) is 5.54. The second kappa shape index (κ2) is 6.43. The molecule has 0 aromatic carbocycles. The molecule has 3 nitrogen and oxygen atoms in total. The fourth-order valence-electron chi connectivity index (χ4n) is 0.443. The summed E-state index contributed by atoms with van der Waals surface area (Å²) >= 11 is 1.47. The van der Waals surface area contributed by atoms with Crippen LogP contribution in [0.15, 0.2) is 0 Å². The lowest BCUT2D eigenvalue weighted by Gasteiger charge is -1.92. The Balaban J connectivity index is 2.92. The second-order valence-electron chi connectivity index (χ2n) is 1.71. The van der Waals surface area contributed by atoms with E-state index in [0.717, 1.165) is 5.75 Å². The number of thioether (sulfide) groups is 1. The lowest BCUT2D eigenvalue weighted by Crippen LogP contribution is -1.94. The first-order chi connectivity index (χ1) is 4.77. The summed E-state index contributed by atoms with van der Waals surface area (Å²) in [5.74, 6) is 0.456. The standard InChI is InChI=1S/C6H9NO2S/c7-3-5-10-4-1-2-6(8)9/h1-2,4-5H2,(H,8,9). The van der Waals surface area contributed by atoms with Crippen LogP contribution in [-0.4, -0.2) is 22.6 Å². The van der Waals surface area contributed by atoms with Crippen LogP contribution in [0.5, 0.6) is 0 Å². The summed E-state index contributed by atoms with van der Waals surface area (Å²) in [6, 6.07) is 1.97. The summed E-state index contributed by atoms with van der Waals surface area (Å²) in [6.45, 7) is 0. The fraction of sp³-hybridized carbons (Fsp3) is 0.667. The van der Waals surface area contributed by atoms with E-state index in [1.165, 1.54) is 11.8 Å². The minimum absolute atomic E-state index is 0.207. The summed E-state index contributed by atoms with van der Waals surface area (Å²) in [4.78, 5) is 9.96. The van der Waals surface area contributed by atoms with Gasteiger partial charge in [-0.25, -0.2) is 0 Å². The topological polar surface area (TPSA) is 61.1 Å². The molecule has 0 atom stereocenters. The van der Waals surface area contributed by atoms with Crippen molar-refractivity contribution < 1.29 is 9.90 Å². The van der Waals surface area contributed by atoms with Crippen LogP contribution in [-0.2, 0) is 4.79 Å². The van der Waals surface area contributed by atoms with Gasteiger partial charge in [0.1, 0.15) is 0 Å². The van der Waals surface area contributed by atoms with Gasteiger partial charge in [-0.2, -0.15) is 5.26 Å². The monoisotopic (exact) mass is 159 g/mol. The lowest BCUT2D eigenvalue weighted by molar-refractivity contribution is -0.137. The highest BCUT2D eigenvalue weighted by atomic mass is 32.2. The molecule has 0 aliphatic carbocycles. The van der Waals surface area contributed by atoms with Gasteiger partial charge < -0.3 is 5.11 Å². The molecule has 0 amide bonds. The van der Waals surface area contributed by atoms with Crippen molar-refractivity contribution >= 4 is 17.7 Å². The highest BCUT2D eigenvalue weighted by molar-refractivity contribution is 7.99. The number of carbonyl (C=O) groups is 1. The third kappa shape index (κ3) is 7.31. The maximum atomic E-state index is 9.96. The van der Waals surface area contributed by atoms with E-state index in [4.69, 9.17) is 10.4 Å². The Kier molecular flexibility index (Phi) is 5.99. The van der Waals surface area contributed by atoms with Crippen molar-refractivity contribution in [2.24, 2.45) is 0 Å². The quantitative estimate of drug-likeness (QED) is 0.610. The van der Waals surface area contributed by atoms with Gasteiger partial charge in [0.05, 0.1) is 11.8 Å². The molecule has 0 rings (SSSR count). The van der Waals surface area contributed by atoms with Crippen molar-refractivity contribution in [1.29, 1.82) is 5.26 Å². The van der Waals surface area contributed by atoms with Crippen molar-refractivity contribution in [2.75, 3.05) is 11.5 Å². The van der Waals surface area contributed by atoms with Gasteiger partial charge in [0.15, 0.2) is 0 Å². The minimum atomic E-state index is -0.766. The van der Waals surface area contributed by atoms with E-state index < -0.39 is 5.97 Å². The Morgan fingerprint density at radius 1 is 1.70 bits per heavy atom. The van der Waals surface area contributed by atoms with E-state index in [1.54, 1.807) is 0 Å². The van der Waals surface area contributed by atoms with Gasteiger partial charge in [-0.3, -0.25) is 4.79 Å². The Labute approximate surface area is 64.0 Å². The predicted molar refractivity (Wildman–Crippen MR) is 39.8 cm³/mol. The van der Waals surface area contributed by atoms with Crippen molar-refractivity contribution in [3.8, 4) is 6.07 Å². The SMILES string of the molecule is N#CCSCCCC(=O)O. The van der Waals surface area contributed by atoms with E-state index in [0.29, 0.717) is 12.2 Å². The number of hydrogen-bond acceptors (Lipinski definition) is 3. The van der Waals surface area contributed by atoms with E-state index >= 15 is 0 Å². The third-order valence-corrected chi connectivity index (χ3v) is 1.76. The average Bonchev–Trinajstić information content (AvgIpc) is 1.87. The molecule has 10 heavy (non-hydrogen) atoms. The van der Waals surface area contributed by atoms with Crippen LogP contribution in [0.1, 0.15) is 12.8 Å². The maximum Gasteiger partial charge on any atom is 0.303 e. The first-order valence-electron chi connectivity index (χ1n) is 2.94. The fourth-order valence-corrected chi connectivity index (χ4v) is 1.03. The van der Waals surface area contributed by atoms with Gasteiger partial charge in [-0.15, -0.1) is 11.8 Å². The van der Waals surface area contributed by atoms with Crippen LogP contribution < -0.4 is 0 Å². The summed E-state index contributed by atoms with van der Waals surface area (Å²) < 4.78 is 0. The summed E-state index contributed by atoms with van der Waals surface area (Å²) in [7, 11) is 0.